The summed E-state index contributed by atoms with van der Waals surface area (Å²) in [6, 6.07) is 0. The molecule has 0 aromatic heterocycles. The van der Waals surface area contributed by atoms with E-state index in [2.05, 4.69) is 24.7 Å². The molecule has 0 aliphatic carbocycles. The Hall–Kier alpha value is -0.500. The molecule has 0 amide bonds. The molecule has 0 bridgehead atoms. The van der Waals surface area contributed by atoms with Gasteiger partial charge >= 0.3 is 0 Å². The average molecular weight is 128 g/mol. The molecular formula is C7H16N2. The van der Waals surface area contributed by atoms with Crippen LogP contribution in [0.1, 0.15) is 20.8 Å². The lowest BCUT2D eigenvalue weighted by Gasteiger charge is -2.05. The first kappa shape index (κ1) is 8.50. The largest absolute Gasteiger partial charge is 0.329 e. The summed E-state index contributed by atoms with van der Waals surface area (Å²) in [6.07, 6.45) is 3.83. The number of allylic oxidation sites excluding steroid dienone is 1. The van der Waals surface area contributed by atoms with Crippen LogP contribution in [-0.4, -0.2) is 6.54 Å². The van der Waals surface area contributed by atoms with Crippen molar-refractivity contribution >= 4 is 0 Å². The quantitative estimate of drug-likeness (QED) is 0.440. The van der Waals surface area contributed by atoms with Crippen molar-refractivity contribution < 1.29 is 0 Å². The van der Waals surface area contributed by atoms with E-state index >= 15 is 0 Å². The molecule has 0 aromatic carbocycles. The van der Waals surface area contributed by atoms with E-state index in [1.165, 1.54) is 0 Å². The summed E-state index contributed by atoms with van der Waals surface area (Å²) in [5.74, 6) is 0.697. The Morgan fingerprint density at radius 1 is 1.44 bits per heavy atom. The molecule has 0 rings (SSSR count). The molecule has 0 saturated carbocycles. The maximum atomic E-state index is 3.05. The van der Waals surface area contributed by atoms with E-state index < -0.39 is 0 Å². The van der Waals surface area contributed by atoms with Gasteiger partial charge in [-0.15, -0.1) is 0 Å². The minimum absolute atomic E-state index is 0.697. The summed E-state index contributed by atoms with van der Waals surface area (Å²) in [4.78, 5) is 0. The molecule has 0 aliphatic rings. The highest BCUT2D eigenvalue weighted by atomic mass is 15.3. The first-order chi connectivity index (χ1) is 4.27. The zero-order chi connectivity index (χ0) is 7.11. The second kappa shape index (κ2) is 5.63. The Kier molecular flexibility index (Phi) is 5.32. The van der Waals surface area contributed by atoms with Crippen LogP contribution in [0.3, 0.4) is 0 Å². The Morgan fingerprint density at radius 3 is 2.56 bits per heavy atom. The van der Waals surface area contributed by atoms with Crippen molar-refractivity contribution in [2.24, 2.45) is 5.92 Å². The fraction of sp³-hybridized carbons (Fsp3) is 0.714. The Labute approximate surface area is 57.3 Å². The third-order valence-electron chi connectivity index (χ3n) is 0.862. The number of hydrogen-bond acceptors (Lipinski definition) is 2. The predicted octanol–water partition coefficient (Wildman–Crippen LogP) is 1.27. The monoisotopic (exact) mass is 128 g/mol. The standard InChI is InChI=1S/C7H16N2/c1-4-5-8-9-6-7(2)3/h4-5,7-9H,6H2,1-3H3/b5-4-. The third kappa shape index (κ3) is 7.50. The molecule has 0 aliphatic heterocycles. The second-order valence-electron chi connectivity index (χ2n) is 2.42. The van der Waals surface area contributed by atoms with Crippen molar-refractivity contribution in [2.75, 3.05) is 6.54 Å². The second-order valence-corrected chi connectivity index (χ2v) is 2.42. The van der Waals surface area contributed by atoms with Crippen molar-refractivity contribution in [3.05, 3.63) is 12.3 Å². The first-order valence-electron chi connectivity index (χ1n) is 3.37. The molecule has 0 fully saturated rings. The first-order valence-corrected chi connectivity index (χ1v) is 3.37. The zero-order valence-electron chi connectivity index (χ0n) is 6.44. The van der Waals surface area contributed by atoms with Crippen molar-refractivity contribution in [3.8, 4) is 0 Å². The van der Waals surface area contributed by atoms with Crippen LogP contribution in [0.25, 0.3) is 0 Å². The van der Waals surface area contributed by atoms with E-state index in [0.717, 1.165) is 6.54 Å². The van der Waals surface area contributed by atoms with Crippen LogP contribution in [0.5, 0.6) is 0 Å². The number of nitrogens with one attached hydrogen (secondary N) is 2. The van der Waals surface area contributed by atoms with E-state index in [4.69, 9.17) is 0 Å². The lowest BCUT2D eigenvalue weighted by Crippen LogP contribution is -2.30. The van der Waals surface area contributed by atoms with Crippen LogP contribution in [-0.2, 0) is 0 Å². The summed E-state index contributed by atoms with van der Waals surface area (Å²) in [7, 11) is 0. The van der Waals surface area contributed by atoms with E-state index in [1.807, 2.05) is 19.2 Å². The van der Waals surface area contributed by atoms with Gasteiger partial charge in [-0.05, 0) is 12.8 Å². The lowest BCUT2D eigenvalue weighted by atomic mass is 10.2. The van der Waals surface area contributed by atoms with Gasteiger partial charge in [0.15, 0.2) is 0 Å². The summed E-state index contributed by atoms with van der Waals surface area (Å²) < 4.78 is 0. The fourth-order valence-corrected chi connectivity index (χ4v) is 0.405. The van der Waals surface area contributed by atoms with E-state index in [9.17, 15) is 0 Å². The minimum Gasteiger partial charge on any atom is -0.329 e. The van der Waals surface area contributed by atoms with E-state index in [0.29, 0.717) is 5.92 Å². The van der Waals surface area contributed by atoms with Crippen LogP contribution in [0.2, 0.25) is 0 Å². The average Bonchev–Trinajstić information content (AvgIpc) is 1.80. The maximum absolute atomic E-state index is 3.05. The van der Waals surface area contributed by atoms with Gasteiger partial charge in [-0.1, -0.05) is 19.9 Å². The molecule has 2 heteroatoms. The molecule has 0 unspecified atom stereocenters. The van der Waals surface area contributed by atoms with Crippen LogP contribution in [0, 0.1) is 5.92 Å². The number of rotatable bonds is 4. The maximum Gasteiger partial charge on any atom is 0.0170 e. The number of hydrogen-bond donors (Lipinski definition) is 2. The summed E-state index contributed by atoms with van der Waals surface area (Å²) in [5.41, 5.74) is 5.98. The van der Waals surface area contributed by atoms with Crippen molar-refractivity contribution in [1.29, 1.82) is 0 Å². The third-order valence-corrected chi connectivity index (χ3v) is 0.862. The Morgan fingerprint density at radius 2 is 2.11 bits per heavy atom. The normalized spacial score (nSPS) is 11.1. The summed E-state index contributed by atoms with van der Waals surface area (Å²) in [6.45, 7) is 7.32. The molecule has 0 atom stereocenters. The molecule has 0 radical (unpaired) electrons. The van der Waals surface area contributed by atoms with Gasteiger partial charge in [0.05, 0.1) is 0 Å². The van der Waals surface area contributed by atoms with Gasteiger partial charge in [0, 0.05) is 12.7 Å². The number of hydrazine groups is 1. The molecule has 2 N–H and O–H groups in total. The van der Waals surface area contributed by atoms with Gasteiger partial charge in [0.25, 0.3) is 0 Å². The molecule has 54 valence electrons. The topological polar surface area (TPSA) is 24.1 Å². The highest BCUT2D eigenvalue weighted by Gasteiger charge is 1.87. The Balaban J connectivity index is 2.91. The summed E-state index contributed by atoms with van der Waals surface area (Å²) in [5, 5.41) is 0. The van der Waals surface area contributed by atoms with Crippen molar-refractivity contribution in [2.45, 2.75) is 20.8 Å². The zero-order valence-corrected chi connectivity index (χ0v) is 6.44. The van der Waals surface area contributed by atoms with Crippen LogP contribution in [0.15, 0.2) is 12.3 Å². The van der Waals surface area contributed by atoms with Crippen molar-refractivity contribution in [3.63, 3.8) is 0 Å². The highest BCUT2D eigenvalue weighted by Crippen LogP contribution is 1.84. The van der Waals surface area contributed by atoms with E-state index in [-0.39, 0.29) is 0 Å². The predicted molar refractivity (Wildman–Crippen MR) is 40.8 cm³/mol. The smallest absolute Gasteiger partial charge is 0.0170 e. The Bertz CT molecular complexity index is 77.0. The summed E-state index contributed by atoms with van der Waals surface area (Å²) >= 11 is 0. The molecule has 0 heterocycles. The van der Waals surface area contributed by atoms with Gasteiger partial charge in [-0.2, -0.15) is 0 Å². The minimum atomic E-state index is 0.697. The highest BCUT2D eigenvalue weighted by molar-refractivity contribution is 4.71. The lowest BCUT2D eigenvalue weighted by molar-refractivity contribution is 0.519. The molecule has 9 heavy (non-hydrogen) atoms. The van der Waals surface area contributed by atoms with Gasteiger partial charge < -0.3 is 5.43 Å². The van der Waals surface area contributed by atoms with Crippen LogP contribution >= 0.6 is 0 Å². The van der Waals surface area contributed by atoms with Gasteiger partial charge in [0.1, 0.15) is 0 Å². The molecule has 0 saturated heterocycles. The SMILES string of the molecule is C/C=C\NNCC(C)C. The molecular weight excluding hydrogens is 112 g/mol. The van der Waals surface area contributed by atoms with Gasteiger partial charge in [-0.25, -0.2) is 5.43 Å². The van der Waals surface area contributed by atoms with Gasteiger partial charge in [-0.3, -0.25) is 0 Å². The fourth-order valence-electron chi connectivity index (χ4n) is 0.405. The van der Waals surface area contributed by atoms with Crippen LogP contribution < -0.4 is 10.9 Å². The molecule has 0 aromatic rings. The van der Waals surface area contributed by atoms with Crippen LogP contribution in [0.4, 0.5) is 0 Å². The van der Waals surface area contributed by atoms with E-state index in [1.54, 1.807) is 0 Å². The van der Waals surface area contributed by atoms with Crippen molar-refractivity contribution in [1.82, 2.24) is 10.9 Å². The molecule has 0 spiro atoms. The molecule has 2 nitrogen and oxygen atoms in total. The van der Waals surface area contributed by atoms with Gasteiger partial charge in [0.2, 0.25) is 0 Å².